The van der Waals surface area contributed by atoms with Gasteiger partial charge in [0.2, 0.25) is 5.91 Å². The van der Waals surface area contributed by atoms with E-state index in [0.29, 0.717) is 11.6 Å². The van der Waals surface area contributed by atoms with Gasteiger partial charge in [0.05, 0.1) is 6.42 Å². The molecular formula is C17H25N3O2. The van der Waals surface area contributed by atoms with E-state index in [2.05, 4.69) is 22.9 Å². The zero-order valence-electron chi connectivity index (χ0n) is 13.3. The van der Waals surface area contributed by atoms with Crippen LogP contribution in [0.25, 0.3) is 0 Å². The van der Waals surface area contributed by atoms with Crippen molar-refractivity contribution in [3.05, 3.63) is 29.8 Å². The van der Waals surface area contributed by atoms with Crippen LogP contribution in [0.4, 0.5) is 10.5 Å². The van der Waals surface area contributed by atoms with Crippen LogP contribution in [-0.2, 0) is 11.2 Å². The van der Waals surface area contributed by atoms with Gasteiger partial charge in [0, 0.05) is 18.8 Å². The summed E-state index contributed by atoms with van der Waals surface area (Å²) < 4.78 is 0. The Hall–Kier alpha value is -2.04. The first-order valence-electron chi connectivity index (χ1n) is 7.96. The maximum Gasteiger partial charge on any atom is 0.319 e. The summed E-state index contributed by atoms with van der Waals surface area (Å²) in [6.07, 6.45) is 4.87. The Kier molecular flexibility index (Phi) is 5.81. The third-order valence-electron chi connectivity index (χ3n) is 4.32. The number of carbonyl (C=O) groups excluding carboxylic acids is 2. The number of hydrogen-bond donors (Lipinski definition) is 3. The van der Waals surface area contributed by atoms with E-state index in [4.69, 9.17) is 0 Å². The minimum Gasteiger partial charge on any atom is -0.359 e. The number of carbonyl (C=O) groups is 2. The maximum atomic E-state index is 12.2. The van der Waals surface area contributed by atoms with Gasteiger partial charge >= 0.3 is 6.03 Å². The molecule has 22 heavy (non-hydrogen) atoms. The molecule has 3 N–H and O–H groups in total. The number of urea groups is 1. The van der Waals surface area contributed by atoms with Gasteiger partial charge in [0.1, 0.15) is 0 Å². The molecule has 0 unspecified atom stereocenters. The highest BCUT2D eigenvalue weighted by Gasteiger charge is 2.23. The number of anilines is 1. The standard InChI is InChI=1S/C17H25N3O2/c1-12-7-3-5-9-14(12)19-17(22)20-15-10-6-4-8-13(15)11-16(21)18-2/h4,6,8,10,12,14H,3,5,7,9,11H2,1-2H3,(H,18,21)(H2,19,20,22)/t12-,14-/m0/s1. The van der Waals surface area contributed by atoms with Gasteiger partial charge in [0.15, 0.2) is 0 Å². The van der Waals surface area contributed by atoms with Crippen molar-refractivity contribution in [2.45, 2.75) is 45.1 Å². The molecule has 1 aliphatic carbocycles. The zero-order valence-corrected chi connectivity index (χ0v) is 13.3. The summed E-state index contributed by atoms with van der Waals surface area (Å²) in [6, 6.07) is 7.44. The van der Waals surface area contributed by atoms with Crippen LogP contribution in [0.15, 0.2) is 24.3 Å². The van der Waals surface area contributed by atoms with E-state index in [9.17, 15) is 9.59 Å². The lowest BCUT2D eigenvalue weighted by molar-refractivity contribution is -0.119. The first kappa shape index (κ1) is 16.3. The van der Waals surface area contributed by atoms with E-state index in [1.54, 1.807) is 7.05 Å². The van der Waals surface area contributed by atoms with Crippen molar-refractivity contribution < 1.29 is 9.59 Å². The summed E-state index contributed by atoms with van der Waals surface area (Å²) in [6.45, 7) is 2.18. The largest absolute Gasteiger partial charge is 0.359 e. The predicted molar refractivity (Wildman–Crippen MR) is 87.8 cm³/mol. The molecule has 0 aromatic heterocycles. The molecule has 3 amide bonds. The number of benzene rings is 1. The second kappa shape index (κ2) is 7.82. The average molecular weight is 303 g/mol. The van der Waals surface area contributed by atoms with Crippen LogP contribution in [0.1, 0.15) is 38.2 Å². The topological polar surface area (TPSA) is 70.2 Å². The number of amides is 3. The molecule has 1 aromatic rings. The smallest absolute Gasteiger partial charge is 0.319 e. The van der Waals surface area contributed by atoms with Gasteiger partial charge in [0.25, 0.3) is 0 Å². The lowest BCUT2D eigenvalue weighted by Gasteiger charge is -2.29. The number of para-hydroxylation sites is 1. The van der Waals surface area contributed by atoms with Crippen LogP contribution in [0.5, 0.6) is 0 Å². The second-order valence-electron chi connectivity index (χ2n) is 5.97. The predicted octanol–water partition coefficient (Wildman–Crippen LogP) is 2.68. The van der Waals surface area contributed by atoms with Gasteiger partial charge in [-0.1, -0.05) is 38.0 Å². The number of nitrogens with one attached hydrogen (secondary N) is 3. The maximum absolute atomic E-state index is 12.2. The fraction of sp³-hybridized carbons (Fsp3) is 0.529. The first-order valence-corrected chi connectivity index (χ1v) is 7.96. The Morgan fingerprint density at radius 2 is 1.91 bits per heavy atom. The monoisotopic (exact) mass is 303 g/mol. The molecule has 1 aromatic carbocycles. The summed E-state index contributed by atoms with van der Waals surface area (Å²) in [7, 11) is 1.61. The normalized spacial score (nSPS) is 21.0. The van der Waals surface area contributed by atoms with Crippen LogP contribution >= 0.6 is 0 Å². The van der Waals surface area contributed by atoms with Crippen LogP contribution in [0.3, 0.4) is 0 Å². The number of hydrogen-bond acceptors (Lipinski definition) is 2. The molecule has 1 fully saturated rings. The Balaban J connectivity index is 1.97. The molecule has 2 rings (SSSR count). The molecule has 120 valence electrons. The quantitative estimate of drug-likeness (QED) is 0.800. The van der Waals surface area contributed by atoms with Gasteiger partial charge < -0.3 is 16.0 Å². The van der Waals surface area contributed by atoms with E-state index in [-0.39, 0.29) is 24.4 Å². The van der Waals surface area contributed by atoms with Crippen LogP contribution in [0, 0.1) is 5.92 Å². The van der Waals surface area contributed by atoms with Crippen LogP contribution in [-0.4, -0.2) is 25.0 Å². The molecule has 1 aliphatic rings. The van der Waals surface area contributed by atoms with E-state index in [1.807, 2.05) is 24.3 Å². The molecule has 1 saturated carbocycles. The van der Waals surface area contributed by atoms with Crippen molar-refractivity contribution in [1.29, 1.82) is 0 Å². The molecule has 0 radical (unpaired) electrons. The lowest BCUT2D eigenvalue weighted by atomic mass is 9.86. The summed E-state index contributed by atoms with van der Waals surface area (Å²) >= 11 is 0. The molecular weight excluding hydrogens is 278 g/mol. The minimum atomic E-state index is -0.192. The van der Waals surface area contributed by atoms with Gasteiger partial charge in [-0.05, 0) is 30.4 Å². The van der Waals surface area contributed by atoms with Gasteiger partial charge in [-0.3, -0.25) is 4.79 Å². The molecule has 0 bridgehead atoms. The number of rotatable bonds is 4. The summed E-state index contributed by atoms with van der Waals surface area (Å²) in [5.41, 5.74) is 1.50. The Bertz CT molecular complexity index is 530. The van der Waals surface area contributed by atoms with E-state index in [0.717, 1.165) is 18.4 Å². The summed E-state index contributed by atoms with van der Waals surface area (Å²) in [5, 5.41) is 8.54. The highest BCUT2D eigenvalue weighted by atomic mass is 16.2. The summed E-state index contributed by atoms with van der Waals surface area (Å²) in [5.74, 6) is 0.441. The summed E-state index contributed by atoms with van der Waals surface area (Å²) in [4.78, 5) is 23.8. The average Bonchev–Trinajstić information content (AvgIpc) is 2.51. The van der Waals surface area contributed by atoms with Crippen LogP contribution in [0.2, 0.25) is 0 Å². The fourth-order valence-corrected chi connectivity index (χ4v) is 2.92. The van der Waals surface area contributed by atoms with E-state index < -0.39 is 0 Å². The highest BCUT2D eigenvalue weighted by Crippen LogP contribution is 2.24. The van der Waals surface area contributed by atoms with Gasteiger partial charge in [-0.25, -0.2) is 4.79 Å². The Labute approximate surface area is 131 Å². The zero-order chi connectivity index (χ0) is 15.9. The highest BCUT2D eigenvalue weighted by molar-refractivity contribution is 5.91. The molecule has 2 atom stereocenters. The lowest BCUT2D eigenvalue weighted by Crippen LogP contribution is -2.43. The third-order valence-corrected chi connectivity index (χ3v) is 4.32. The van der Waals surface area contributed by atoms with E-state index >= 15 is 0 Å². The van der Waals surface area contributed by atoms with Crippen molar-refractivity contribution in [2.75, 3.05) is 12.4 Å². The molecule has 0 spiro atoms. The van der Waals surface area contributed by atoms with Crippen molar-refractivity contribution in [3.63, 3.8) is 0 Å². The molecule has 5 heteroatoms. The number of likely N-dealkylation sites (N-methyl/N-ethyl adjacent to an activating group) is 1. The van der Waals surface area contributed by atoms with Crippen molar-refractivity contribution >= 4 is 17.6 Å². The van der Waals surface area contributed by atoms with Crippen molar-refractivity contribution in [2.24, 2.45) is 5.92 Å². The minimum absolute atomic E-state index is 0.0736. The molecule has 5 nitrogen and oxygen atoms in total. The third kappa shape index (κ3) is 4.48. The van der Waals surface area contributed by atoms with Crippen molar-refractivity contribution in [1.82, 2.24) is 10.6 Å². The van der Waals surface area contributed by atoms with Gasteiger partial charge in [-0.15, -0.1) is 0 Å². The second-order valence-corrected chi connectivity index (χ2v) is 5.97. The molecule has 0 aliphatic heterocycles. The first-order chi connectivity index (χ1) is 10.6. The molecule has 0 heterocycles. The van der Waals surface area contributed by atoms with Crippen LogP contribution < -0.4 is 16.0 Å². The Morgan fingerprint density at radius 1 is 1.18 bits per heavy atom. The SMILES string of the molecule is CNC(=O)Cc1ccccc1NC(=O)N[C@H]1CCCC[C@@H]1C. The fourth-order valence-electron chi connectivity index (χ4n) is 2.92. The molecule has 0 saturated heterocycles. The van der Waals surface area contributed by atoms with E-state index in [1.165, 1.54) is 12.8 Å². The van der Waals surface area contributed by atoms with Gasteiger partial charge in [-0.2, -0.15) is 0 Å². The Morgan fingerprint density at radius 3 is 2.64 bits per heavy atom. The van der Waals surface area contributed by atoms with Crippen molar-refractivity contribution in [3.8, 4) is 0 Å².